The molecule has 1 aliphatic carbocycles. The molecule has 5 heteroatoms. The lowest BCUT2D eigenvalue weighted by Gasteiger charge is -2.30. The topological polar surface area (TPSA) is 65.2 Å². The molecule has 2 aliphatic rings. The first kappa shape index (κ1) is 12.8. The summed E-state index contributed by atoms with van der Waals surface area (Å²) >= 11 is 0. The second kappa shape index (κ2) is 5.04. The molecule has 104 valence electrons. The Balaban J connectivity index is 1.80. The maximum atomic E-state index is 11.9. The monoisotopic (exact) mass is 264 g/mol. The van der Waals surface area contributed by atoms with Crippen molar-refractivity contribution in [3.05, 3.63) is 11.7 Å². The first-order chi connectivity index (χ1) is 9.19. The second-order valence-corrected chi connectivity index (χ2v) is 5.76. The first-order valence-corrected chi connectivity index (χ1v) is 7.20. The van der Waals surface area contributed by atoms with E-state index >= 15 is 0 Å². The summed E-state index contributed by atoms with van der Waals surface area (Å²) in [6.45, 7) is 2.74. The van der Waals surface area contributed by atoms with Crippen LogP contribution in [0.5, 0.6) is 0 Å². The molecule has 2 atom stereocenters. The lowest BCUT2D eigenvalue weighted by Crippen LogP contribution is -2.31. The van der Waals surface area contributed by atoms with Crippen LogP contribution in [0.25, 0.3) is 0 Å². The summed E-state index contributed by atoms with van der Waals surface area (Å²) in [5.74, 6) is 1.12. The lowest BCUT2D eigenvalue weighted by molar-refractivity contribution is -0.122. The van der Waals surface area contributed by atoms with Gasteiger partial charge in [-0.3, -0.25) is 4.79 Å². The zero-order valence-corrected chi connectivity index (χ0v) is 11.4. The van der Waals surface area contributed by atoms with Gasteiger partial charge in [-0.1, -0.05) is 11.6 Å². The van der Waals surface area contributed by atoms with Crippen LogP contribution in [0.2, 0.25) is 0 Å². The number of ether oxygens (including phenoxy) is 1. The van der Waals surface area contributed by atoms with Crippen LogP contribution in [0.1, 0.15) is 69.5 Å². The molecular formula is C14H20N2O3. The van der Waals surface area contributed by atoms with Gasteiger partial charge in [0.25, 0.3) is 0 Å². The summed E-state index contributed by atoms with van der Waals surface area (Å²) in [6, 6.07) is 0. The Kier molecular flexibility index (Phi) is 3.39. The number of ketones is 1. The van der Waals surface area contributed by atoms with Crippen LogP contribution in [0.3, 0.4) is 0 Å². The van der Waals surface area contributed by atoms with Crippen molar-refractivity contribution < 1.29 is 14.1 Å². The van der Waals surface area contributed by atoms with Gasteiger partial charge >= 0.3 is 0 Å². The molecule has 1 aromatic heterocycles. The fourth-order valence-corrected chi connectivity index (χ4v) is 2.95. The molecule has 1 aliphatic heterocycles. The van der Waals surface area contributed by atoms with E-state index < -0.39 is 5.60 Å². The number of carbonyl (C=O) groups excluding carboxylic acids is 1. The fourth-order valence-electron chi connectivity index (χ4n) is 2.95. The van der Waals surface area contributed by atoms with Gasteiger partial charge in [-0.05, 0) is 39.0 Å². The minimum atomic E-state index is -0.447. The molecule has 1 saturated carbocycles. The van der Waals surface area contributed by atoms with Gasteiger partial charge in [0, 0.05) is 13.0 Å². The third kappa shape index (κ3) is 2.43. The molecule has 0 aromatic carbocycles. The molecule has 19 heavy (non-hydrogen) atoms. The minimum absolute atomic E-state index is 0.192. The zero-order chi connectivity index (χ0) is 13.3. The van der Waals surface area contributed by atoms with E-state index in [9.17, 15) is 4.79 Å². The highest BCUT2D eigenvalue weighted by atomic mass is 16.5. The summed E-state index contributed by atoms with van der Waals surface area (Å²) in [5, 5.41) is 4.06. The van der Waals surface area contributed by atoms with Crippen molar-refractivity contribution in [1.82, 2.24) is 10.1 Å². The smallest absolute Gasteiger partial charge is 0.237 e. The number of Topliss-reactive ketones (excluding diaryl/α,β-unsaturated/α-hetero) is 1. The van der Waals surface area contributed by atoms with Crippen molar-refractivity contribution in [1.29, 1.82) is 0 Å². The summed E-state index contributed by atoms with van der Waals surface area (Å²) in [7, 11) is 0. The van der Waals surface area contributed by atoms with Gasteiger partial charge in [0.05, 0.1) is 5.92 Å². The molecule has 1 aromatic rings. The summed E-state index contributed by atoms with van der Waals surface area (Å²) < 4.78 is 11.1. The van der Waals surface area contributed by atoms with Crippen LogP contribution in [0.4, 0.5) is 0 Å². The predicted octanol–water partition coefficient (Wildman–Crippen LogP) is 2.71. The number of carbonyl (C=O) groups is 1. The van der Waals surface area contributed by atoms with Gasteiger partial charge < -0.3 is 9.26 Å². The van der Waals surface area contributed by atoms with Gasteiger partial charge in [-0.25, -0.2) is 0 Å². The van der Waals surface area contributed by atoms with Crippen LogP contribution < -0.4 is 0 Å². The standard InChI is InChI=1S/C14H20N2O3/c1-14(8-4-5-9-18-14)13-15-12(19-16-13)10-6-2-3-7-11(10)17/h10H,2-9H2,1H3. The van der Waals surface area contributed by atoms with Crippen molar-refractivity contribution in [2.45, 2.75) is 63.4 Å². The summed E-state index contributed by atoms with van der Waals surface area (Å²) in [4.78, 5) is 16.4. The molecule has 2 unspecified atom stereocenters. The molecule has 3 rings (SSSR count). The number of hydrogen-bond acceptors (Lipinski definition) is 5. The van der Waals surface area contributed by atoms with E-state index in [1.54, 1.807) is 0 Å². The first-order valence-electron chi connectivity index (χ1n) is 7.20. The van der Waals surface area contributed by atoms with Crippen molar-refractivity contribution in [2.24, 2.45) is 0 Å². The summed E-state index contributed by atoms with van der Waals surface area (Å²) in [6.07, 6.45) is 6.61. The molecule has 2 fully saturated rings. The third-order valence-corrected chi connectivity index (χ3v) is 4.24. The Hall–Kier alpha value is -1.23. The van der Waals surface area contributed by atoms with Crippen LogP contribution in [-0.2, 0) is 15.1 Å². The van der Waals surface area contributed by atoms with Gasteiger partial charge in [-0.15, -0.1) is 0 Å². The third-order valence-electron chi connectivity index (χ3n) is 4.24. The van der Waals surface area contributed by atoms with Gasteiger partial charge in [-0.2, -0.15) is 4.98 Å². The minimum Gasteiger partial charge on any atom is -0.367 e. The Morgan fingerprint density at radius 1 is 1.26 bits per heavy atom. The van der Waals surface area contributed by atoms with E-state index in [1.807, 2.05) is 6.92 Å². The predicted molar refractivity (Wildman–Crippen MR) is 67.7 cm³/mol. The normalized spacial score (nSPS) is 32.5. The van der Waals surface area contributed by atoms with Crippen LogP contribution in [-0.4, -0.2) is 22.5 Å². The average molecular weight is 264 g/mol. The van der Waals surface area contributed by atoms with E-state index in [-0.39, 0.29) is 11.7 Å². The van der Waals surface area contributed by atoms with E-state index in [0.717, 1.165) is 45.1 Å². The van der Waals surface area contributed by atoms with Gasteiger partial charge in [0.1, 0.15) is 11.4 Å². The van der Waals surface area contributed by atoms with Crippen LogP contribution in [0.15, 0.2) is 4.52 Å². The Labute approximate surface area is 112 Å². The van der Waals surface area contributed by atoms with Gasteiger partial charge in [0.2, 0.25) is 11.7 Å². The lowest BCUT2D eigenvalue weighted by atomic mass is 9.88. The highest BCUT2D eigenvalue weighted by molar-refractivity contribution is 5.85. The quantitative estimate of drug-likeness (QED) is 0.821. The van der Waals surface area contributed by atoms with Crippen molar-refractivity contribution in [3.8, 4) is 0 Å². The number of rotatable bonds is 2. The highest BCUT2D eigenvalue weighted by Crippen LogP contribution is 2.35. The van der Waals surface area contributed by atoms with Crippen molar-refractivity contribution in [3.63, 3.8) is 0 Å². The van der Waals surface area contributed by atoms with E-state index in [2.05, 4.69) is 10.1 Å². The second-order valence-electron chi connectivity index (χ2n) is 5.76. The Morgan fingerprint density at radius 3 is 2.89 bits per heavy atom. The SMILES string of the molecule is CC1(c2noc(C3CCCCC3=O)n2)CCCCO1. The average Bonchev–Trinajstić information content (AvgIpc) is 2.90. The zero-order valence-electron chi connectivity index (χ0n) is 11.4. The largest absolute Gasteiger partial charge is 0.367 e. The number of aromatic nitrogens is 2. The van der Waals surface area contributed by atoms with Gasteiger partial charge in [0.15, 0.2) is 0 Å². The fraction of sp³-hybridized carbons (Fsp3) is 0.786. The molecular weight excluding hydrogens is 244 g/mol. The maximum absolute atomic E-state index is 11.9. The summed E-state index contributed by atoms with van der Waals surface area (Å²) in [5.41, 5.74) is -0.447. The maximum Gasteiger partial charge on any atom is 0.237 e. The molecule has 0 spiro atoms. The van der Waals surface area contributed by atoms with Crippen LogP contribution >= 0.6 is 0 Å². The van der Waals surface area contributed by atoms with E-state index in [4.69, 9.17) is 9.26 Å². The van der Waals surface area contributed by atoms with Crippen molar-refractivity contribution in [2.75, 3.05) is 6.61 Å². The molecule has 5 nitrogen and oxygen atoms in total. The van der Waals surface area contributed by atoms with Crippen LogP contribution in [0, 0.1) is 0 Å². The highest BCUT2D eigenvalue weighted by Gasteiger charge is 2.37. The molecule has 1 saturated heterocycles. The number of hydrogen-bond donors (Lipinski definition) is 0. The van der Waals surface area contributed by atoms with Crippen molar-refractivity contribution >= 4 is 5.78 Å². The molecule has 0 N–H and O–H groups in total. The molecule has 2 heterocycles. The Morgan fingerprint density at radius 2 is 2.16 bits per heavy atom. The Bertz CT molecular complexity index is 463. The van der Waals surface area contributed by atoms with E-state index in [1.165, 1.54) is 0 Å². The molecule has 0 bridgehead atoms. The van der Waals surface area contributed by atoms with E-state index in [0.29, 0.717) is 18.1 Å². The molecule has 0 radical (unpaired) electrons. The molecule has 0 amide bonds. The number of nitrogens with zero attached hydrogens (tertiary/aromatic N) is 2.